The Morgan fingerprint density at radius 1 is 1.25 bits per heavy atom. The molecule has 0 unspecified atom stereocenters. The molecule has 2 N–H and O–H groups in total. The first-order chi connectivity index (χ1) is 13.1. The van der Waals surface area contributed by atoms with Gasteiger partial charge in [0.2, 0.25) is 10.0 Å². The summed E-state index contributed by atoms with van der Waals surface area (Å²) in [6.07, 6.45) is -2.50. The number of anilines is 1. The van der Waals surface area contributed by atoms with Gasteiger partial charge in [-0.05, 0) is 18.2 Å². The van der Waals surface area contributed by atoms with Gasteiger partial charge in [0.15, 0.2) is 0 Å². The Kier molecular flexibility index (Phi) is 7.28. The molecule has 0 radical (unpaired) electrons. The Hall–Kier alpha value is -2.30. The van der Waals surface area contributed by atoms with Crippen LogP contribution in [0.4, 0.5) is 19.0 Å². The van der Waals surface area contributed by atoms with E-state index in [-0.39, 0.29) is 23.9 Å². The molecule has 0 aliphatic heterocycles. The van der Waals surface area contributed by atoms with Crippen LogP contribution in [0.25, 0.3) is 6.08 Å². The fourth-order valence-corrected chi connectivity index (χ4v) is 3.15. The first kappa shape index (κ1) is 22.0. The van der Waals surface area contributed by atoms with E-state index in [0.29, 0.717) is 17.5 Å². The molecular formula is C17H17ClF3N3O3S. The van der Waals surface area contributed by atoms with Gasteiger partial charge in [0.25, 0.3) is 0 Å². The van der Waals surface area contributed by atoms with Gasteiger partial charge < -0.3 is 10.1 Å². The second-order valence-corrected chi connectivity index (χ2v) is 7.52. The zero-order valence-electron chi connectivity index (χ0n) is 14.6. The van der Waals surface area contributed by atoms with Crippen molar-refractivity contribution in [2.45, 2.75) is 6.18 Å². The lowest BCUT2D eigenvalue weighted by molar-refractivity contribution is -0.137. The van der Waals surface area contributed by atoms with Crippen molar-refractivity contribution >= 4 is 33.5 Å². The molecule has 0 amide bonds. The largest absolute Gasteiger partial charge is 0.496 e. The summed E-state index contributed by atoms with van der Waals surface area (Å²) in [6, 6.07) is 7.65. The van der Waals surface area contributed by atoms with E-state index in [4.69, 9.17) is 16.3 Å². The number of nitrogens with zero attached hydrogens (tertiary/aromatic N) is 1. The van der Waals surface area contributed by atoms with Crippen molar-refractivity contribution in [2.75, 3.05) is 25.5 Å². The second-order valence-electron chi connectivity index (χ2n) is 5.46. The molecule has 0 saturated heterocycles. The van der Waals surface area contributed by atoms with Crippen LogP contribution in [-0.4, -0.2) is 33.6 Å². The van der Waals surface area contributed by atoms with Gasteiger partial charge in [0.05, 0.1) is 17.7 Å². The van der Waals surface area contributed by atoms with Crippen molar-refractivity contribution in [3.05, 3.63) is 58.1 Å². The predicted octanol–water partition coefficient (Wildman–Crippen LogP) is 3.76. The van der Waals surface area contributed by atoms with Gasteiger partial charge in [-0.1, -0.05) is 29.8 Å². The number of pyridine rings is 1. The van der Waals surface area contributed by atoms with Crippen LogP contribution in [0.5, 0.6) is 5.75 Å². The molecule has 0 aliphatic rings. The second kappa shape index (κ2) is 9.26. The standard InChI is InChI=1S/C17H17ClF3N3O3S/c1-27-15-5-3-2-4-12(15)6-9-28(25,26)24-8-7-22-16-14(18)10-13(11-23-16)17(19,20)21/h2-6,9-11,24H,7-8H2,1H3,(H,22,23)/b9-6+. The zero-order valence-corrected chi connectivity index (χ0v) is 16.2. The van der Waals surface area contributed by atoms with Crippen molar-refractivity contribution in [3.8, 4) is 5.75 Å². The summed E-state index contributed by atoms with van der Waals surface area (Å²) in [6.45, 7) is 0.0391. The number of halogens is 4. The fourth-order valence-electron chi connectivity index (χ4n) is 2.11. The van der Waals surface area contributed by atoms with Crippen LogP contribution >= 0.6 is 11.6 Å². The molecule has 11 heteroatoms. The summed E-state index contributed by atoms with van der Waals surface area (Å²) in [5.41, 5.74) is -0.375. The molecule has 0 fully saturated rings. The molecule has 152 valence electrons. The zero-order chi connectivity index (χ0) is 20.8. The van der Waals surface area contributed by atoms with Crippen LogP contribution in [0, 0.1) is 0 Å². The number of aromatic nitrogens is 1. The minimum Gasteiger partial charge on any atom is -0.496 e. The van der Waals surface area contributed by atoms with E-state index in [9.17, 15) is 21.6 Å². The molecular weight excluding hydrogens is 419 g/mol. The quantitative estimate of drug-likeness (QED) is 0.617. The minimum atomic E-state index is -4.54. The maximum atomic E-state index is 12.6. The number of hydrogen-bond donors (Lipinski definition) is 2. The highest BCUT2D eigenvalue weighted by molar-refractivity contribution is 7.92. The monoisotopic (exact) mass is 435 g/mol. The molecule has 1 heterocycles. The van der Waals surface area contributed by atoms with E-state index >= 15 is 0 Å². The Morgan fingerprint density at radius 3 is 2.61 bits per heavy atom. The topological polar surface area (TPSA) is 80.3 Å². The van der Waals surface area contributed by atoms with E-state index in [1.165, 1.54) is 13.2 Å². The van der Waals surface area contributed by atoms with Gasteiger partial charge in [0.1, 0.15) is 11.6 Å². The maximum Gasteiger partial charge on any atom is 0.417 e. The van der Waals surface area contributed by atoms with Crippen LogP contribution in [0.3, 0.4) is 0 Å². The average molecular weight is 436 g/mol. The highest BCUT2D eigenvalue weighted by Gasteiger charge is 2.31. The predicted molar refractivity (Wildman–Crippen MR) is 102 cm³/mol. The number of sulfonamides is 1. The van der Waals surface area contributed by atoms with Gasteiger partial charge in [-0.2, -0.15) is 13.2 Å². The molecule has 0 atom stereocenters. The summed E-state index contributed by atoms with van der Waals surface area (Å²) in [5, 5.41) is 3.45. The van der Waals surface area contributed by atoms with Gasteiger partial charge >= 0.3 is 6.18 Å². The average Bonchev–Trinajstić information content (AvgIpc) is 2.64. The molecule has 28 heavy (non-hydrogen) atoms. The van der Waals surface area contributed by atoms with Crippen molar-refractivity contribution < 1.29 is 26.3 Å². The van der Waals surface area contributed by atoms with Gasteiger partial charge in [-0.15, -0.1) is 0 Å². The van der Waals surface area contributed by atoms with E-state index in [0.717, 1.165) is 11.5 Å². The molecule has 0 spiro atoms. The summed E-state index contributed by atoms with van der Waals surface area (Å²) < 4.78 is 69.2. The van der Waals surface area contributed by atoms with E-state index in [2.05, 4.69) is 15.0 Å². The number of alkyl halides is 3. The first-order valence-electron chi connectivity index (χ1n) is 7.90. The highest BCUT2D eigenvalue weighted by Crippen LogP contribution is 2.32. The SMILES string of the molecule is COc1ccccc1/C=C/S(=O)(=O)NCCNc1ncc(C(F)(F)F)cc1Cl. The van der Waals surface area contributed by atoms with Gasteiger partial charge in [-0.25, -0.2) is 18.1 Å². The van der Waals surface area contributed by atoms with E-state index in [1.54, 1.807) is 24.3 Å². The minimum absolute atomic E-state index is 0.0263. The summed E-state index contributed by atoms with van der Waals surface area (Å²) in [7, 11) is -2.25. The number of benzene rings is 1. The third-order valence-electron chi connectivity index (χ3n) is 3.45. The Bertz CT molecular complexity index is 950. The van der Waals surface area contributed by atoms with Crippen molar-refractivity contribution in [2.24, 2.45) is 0 Å². The maximum absolute atomic E-state index is 12.6. The van der Waals surface area contributed by atoms with Crippen LogP contribution in [0.1, 0.15) is 11.1 Å². The van der Waals surface area contributed by atoms with Crippen LogP contribution in [-0.2, 0) is 16.2 Å². The first-order valence-corrected chi connectivity index (χ1v) is 9.82. The van der Waals surface area contributed by atoms with Crippen LogP contribution < -0.4 is 14.8 Å². The number of nitrogens with one attached hydrogen (secondary N) is 2. The van der Waals surface area contributed by atoms with E-state index in [1.807, 2.05) is 0 Å². The number of methoxy groups -OCH3 is 1. The molecule has 0 saturated carbocycles. The van der Waals surface area contributed by atoms with E-state index < -0.39 is 21.8 Å². The normalized spacial score (nSPS) is 12.3. The summed E-state index contributed by atoms with van der Waals surface area (Å²) in [5.74, 6) is 0.553. The summed E-state index contributed by atoms with van der Waals surface area (Å²) >= 11 is 5.76. The van der Waals surface area contributed by atoms with Crippen molar-refractivity contribution in [1.82, 2.24) is 9.71 Å². The lowest BCUT2D eigenvalue weighted by Crippen LogP contribution is -2.27. The molecule has 0 bridgehead atoms. The number of hydrogen-bond acceptors (Lipinski definition) is 5. The fraction of sp³-hybridized carbons (Fsp3) is 0.235. The smallest absolute Gasteiger partial charge is 0.417 e. The Morgan fingerprint density at radius 2 is 1.96 bits per heavy atom. The Balaban J connectivity index is 1.90. The van der Waals surface area contributed by atoms with Gasteiger partial charge in [0, 0.05) is 30.3 Å². The van der Waals surface area contributed by atoms with Crippen LogP contribution in [0.2, 0.25) is 5.02 Å². The lowest BCUT2D eigenvalue weighted by Gasteiger charge is -2.11. The number of ether oxygens (including phenoxy) is 1. The number of para-hydroxylation sites is 1. The molecule has 0 aliphatic carbocycles. The molecule has 6 nitrogen and oxygen atoms in total. The van der Waals surface area contributed by atoms with Crippen molar-refractivity contribution in [3.63, 3.8) is 0 Å². The molecule has 2 rings (SSSR count). The molecule has 1 aromatic carbocycles. The van der Waals surface area contributed by atoms with Crippen molar-refractivity contribution in [1.29, 1.82) is 0 Å². The molecule has 2 aromatic rings. The van der Waals surface area contributed by atoms with Gasteiger partial charge in [-0.3, -0.25) is 0 Å². The number of rotatable bonds is 8. The molecule has 1 aromatic heterocycles. The lowest BCUT2D eigenvalue weighted by atomic mass is 10.2. The summed E-state index contributed by atoms with van der Waals surface area (Å²) in [4.78, 5) is 3.61. The van der Waals surface area contributed by atoms with Crippen LogP contribution in [0.15, 0.2) is 41.9 Å². The third kappa shape index (κ3) is 6.39. The highest BCUT2D eigenvalue weighted by atomic mass is 35.5. The third-order valence-corrected chi connectivity index (χ3v) is 4.84. The Labute approximate surface area is 165 Å².